The molecule has 2 heteroatoms. The Bertz CT molecular complexity index is 380. The average Bonchev–Trinajstić information content (AvgIpc) is 2.74. The van der Waals surface area contributed by atoms with E-state index >= 15 is 0 Å². The van der Waals surface area contributed by atoms with Gasteiger partial charge in [-0.25, -0.2) is 0 Å². The Labute approximate surface area is 91.4 Å². The average molecular weight is 202 g/mol. The van der Waals surface area contributed by atoms with Gasteiger partial charge in [0.2, 0.25) is 0 Å². The smallest absolute Gasteiger partial charge is 0.101 e. The molecule has 2 rings (SSSR count). The number of hydrogen-bond donors (Lipinski definition) is 1. The van der Waals surface area contributed by atoms with Gasteiger partial charge in [-0.05, 0) is 30.0 Å². The first-order valence-corrected chi connectivity index (χ1v) is 5.66. The van der Waals surface area contributed by atoms with Gasteiger partial charge in [-0.1, -0.05) is 25.1 Å². The highest BCUT2D eigenvalue weighted by Crippen LogP contribution is 2.16. The van der Waals surface area contributed by atoms with Crippen molar-refractivity contribution < 1.29 is 0 Å². The van der Waals surface area contributed by atoms with Crippen LogP contribution in [0.25, 0.3) is 0 Å². The van der Waals surface area contributed by atoms with Gasteiger partial charge in [-0.2, -0.15) is 0 Å². The van der Waals surface area contributed by atoms with E-state index in [1.165, 1.54) is 16.7 Å². The lowest BCUT2D eigenvalue weighted by molar-refractivity contribution is 0.950. The van der Waals surface area contributed by atoms with E-state index < -0.39 is 0 Å². The van der Waals surface area contributed by atoms with Gasteiger partial charge in [0.1, 0.15) is 5.84 Å². The topological polar surface area (TPSA) is 24.4 Å². The fourth-order valence-corrected chi connectivity index (χ4v) is 2.08. The number of rotatable bonds is 3. The predicted molar refractivity (Wildman–Crippen MR) is 64.6 cm³/mol. The molecule has 1 aliphatic heterocycles. The Kier molecular flexibility index (Phi) is 3.05. The number of amidine groups is 1. The molecule has 0 unspecified atom stereocenters. The number of aliphatic imine (C=N–C) groups is 1. The second-order valence-electron chi connectivity index (χ2n) is 4.00. The lowest BCUT2D eigenvalue weighted by atomic mass is 9.97. The normalized spacial score (nSPS) is 14.9. The standard InChI is InChI=1S/C13H18N2/c1-3-11-6-4-5-10(2)12(11)9-13-14-7-8-15-13/h4-6H,3,7-9H2,1-2H3,(H,14,15). The lowest BCUT2D eigenvalue weighted by Gasteiger charge is -2.11. The lowest BCUT2D eigenvalue weighted by Crippen LogP contribution is -2.21. The molecule has 1 aromatic rings. The summed E-state index contributed by atoms with van der Waals surface area (Å²) in [4.78, 5) is 4.45. The van der Waals surface area contributed by atoms with Crippen LogP contribution in [0.4, 0.5) is 0 Å². The first-order valence-electron chi connectivity index (χ1n) is 5.66. The van der Waals surface area contributed by atoms with E-state index in [0.29, 0.717) is 0 Å². The molecule has 2 nitrogen and oxygen atoms in total. The molecule has 0 aliphatic carbocycles. The van der Waals surface area contributed by atoms with E-state index in [1.807, 2.05) is 0 Å². The van der Waals surface area contributed by atoms with E-state index in [4.69, 9.17) is 0 Å². The maximum Gasteiger partial charge on any atom is 0.101 e. The number of hydrogen-bond acceptors (Lipinski definition) is 2. The molecular weight excluding hydrogens is 184 g/mol. The Morgan fingerprint density at radius 3 is 2.93 bits per heavy atom. The maximum atomic E-state index is 4.45. The van der Waals surface area contributed by atoms with E-state index in [2.05, 4.69) is 42.4 Å². The monoisotopic (exact) mass is 202 g/mol. The van der Waals surface area contributed by atoms with Gasteiger partial charge in [-0.15, -0.1) is 0 Å². The highest BCUT2D eigenvalue weighted by Gasteiger charge is 2.10. The van der Waals surface area contributed by atoms with Gasteiger partial charge in [-0.3, -0.25) is 4.99 Å². The van der Waals surface area contributed by atoms with Crippen LogP contribution in [0.1, 0.15) is 23.6 Å². The summed E-state index contributed by atoms with van der Waals surface area (Å²) in [6.07, 6.45) is 2.07. The van der Waals surface area contributed by atoms with Crippen LogP contribution in [0.5, 0.6) is 0 Å². The number of nitrogens with one attached hydrogen (secondary N) is 1. The molecule has 0 saturated carbocycles. The van der Waals surface area contributed by atoms with Crippen LogP contribution in [-0.4, -0.2) is 18.9 Å². The molecule has 80 valence electrons. The molecule has 0 atom stereocenters. The Balaban J connectivity index is 2.25. The largest absolute Gasteiger partial charge is 0.372 e. The fourth-order valence-electron chi connectivity index (χ4n) is 2.08. The molecule has 0 aromatic heterocycles. The zero-order valence-corrected chi connectivity index (χ0v) is 9.51. The quantitative estimate of drug-likeness (QED) is 0.797. The van der Waals surface area contributed by atoms with E-state index in [-0.39, 0.29) is 0 Å². The summed E-state index contributed by atoms with van der Waals surface area (Å²) in [6.45, 7) is 6.33. The van der Waals surface area contributed by atoms with Crippen molar-refractivity contribution in [2.24, 2.45) is 4.99 Å². The molecule has 1 heterocycles. The van der Waals surface area contributed by atoms with Crippen molar-refractivity contribution >= 4 is 5.84 Å². The highest BCUT2D eigenvalue weighted by atomic mass is 15.1. The van der Waals surface area contributed by atoms with Gasteiger partial charge >= 0.3 is 0 Å². The zero-order valence-electron chi connectivity index (χ0n) is 9.51. The van der Waals surface area contributed by atoms with E-state index in [9.17, 15) is 0 Å². The third kappa shape index (κ3) is 2.20. The van der Waals surface area contributed by atoms with Gasteiger partial charge in [0.25, 0.3) is 0 Å². The molecule has 1 N–H and O–H groups in total. The minimum absolute atomic E-state index is 0.933. The van der Waals surface area contributed by atoms with Crippen molar-refractivity contribution in [3.05, 3.63) is 34.9 Å². The van der Waals surface area contributed by atoms with Crippen LogP contribution < -0.4 is 5.32 Å². The van der Waals surface area contributed by atoms with Gasteiger partial charge in [0, 0.05) is 13.0 Å². The predicted octanol–water partition coefficient (Wildman–Crippen LogP) is 2.10. The summed E-state index contributed by atoms with van der Waals surface area (Å²) in [5, 5.41) is 3.33. The van der Waals surface area contributed by atoms with Crippen LogP contribution >= 0.6 is 0 Å². The second-order valence-corrected chi connectivity index (χ2v) is 4.00. The van der Waals surface area contributed by atoms with Crippen LogP contribution in [0.2, 0.25) is 0 Å². The number of aryl methyl sites for hydroxylation is 2. The second kappa shape index (κ2) is 4.47. The maximum absolute atomic E-state index is 4.45. The third-order valence-corrected chi connectivity index (χ3v) is 2.98. The molecule has 1 aliphatic rings. The molecule has 0 saturated heterocycles. The third-order valence-electron chi connectivity index (χ3n) is 2.98. The molecule has 0 fully saturated rings. The molecule has 0 spiro atoms. The fraction of sp³-hybridized carbons (Fsp3) is 0.462. The van der Waals surface area contributed by atoms with Gasteiger partial charge < -0.3 is 5.32 Å². The summed E-state index contributed by atoms with van der Waals surface area (Å²) < 4.78 is 0. The number of nitrogens with zero attached hydrogens (tertiary/aromatic N) is 1. The van der Waals surface area contributed by atoms with Crippen molar-refractivity contribution in [2.75, 3.05) is 13.1 Å². The Hall–Kier alpha value is -1.31. The summed E-state index contributed by atoms with van der Waals surface area (Å²) in [7, 11) is 0. The molecule has 1 aromatic carbocycles. The summed E-state index contributed by atoms with van der Waals surface area (Å²) in [5.41, 5.74) is 4.28. The molecule has 0 amide bonds. The minimum atomic E-state index is 0.933. The first kappa shape index (κ1) is 10.2. The highest BCUT2D eigenvalue weighted by molar-refractivity contribution is 5.86. The molecule has 0 radical (unpaired) electrons. The van der Waals surface area contributed by atoms with E-state index in [0.717, 1.165) is 31.8 Å². The summed E-state index contributed by atoms with van der Waals surface area (Å²) in [5.74, 6) is 1.15. The minimum Gasteiger partial charge on any atom is -0.372 e. The van der Waals surface area contributed by atoms with Crippen LogP contribution in [-0.2, 0) is 12.8 Å². The van der Waals surface area contributed by atoms with Crippen molar-refractivity contribution in [1.29, 1.82) is 0 Å². The van der Waals surface area contributed by atoms with Crippen molar-refractivity contribution in [2.45, 2.75) is 26.7 Å². The van der Waals surface area contributed by atoms with Crippen LogP contribution in [0, 0.1) is 6.92 Å². The molecule has 0 bridgehead atoms. The number of benzene rings is 1. The van der Waals surface area contributed by atoms with Gasteiger partial charge in [0.05, 0.1) is 6.54 Å². The van der Waals surface area contributed by atoms with Crippen molar-refractivity contribution in [3.8, 4) is 0 Å². The zero-order chi connectivity index (χ0) is 10.7. The molecular formula is C13H18N2. The summed E-state index contributed by atoms with van der Waals surface area (Å²) in [6, 6.07) is 6.55. The van der Waals surface area contributed by atoms with Crippen LogP contribution in [0.3, 0.4) is 0 Å². The SMILES string of the molecule is CCc1cccc(C)c1CC1=NCCN1. The van der Waals surface area contributed by atoms with Crippen molar-refractivity contribution in [3.63, 3.8) is 0 Å². The molecule has 15 heavy (non-hydrogen) atoms. The van der Waals surface area contributed by atoms with Crippen LogP contribution in [0.15, 0.2) is 23.2 Å². The van der Waals surface area contributed by atoms with Gasteiger partial charge in [0.15, 0.2) is 0 Å². The van der Waals surface area contributed by atoms with E-state index in [1.54, 1.807) is 0 Å². The summed E-state index contributed by atoms with van der Waals surface area (Å²) >= 11 is 0. The Morgan fingerprint density at radius 2 is 2.27 bits per heavy atom. The van der Waals surface area contributed by atoms with Crippen molar-refractivity contribution in [1.82, 2.24) is 5.32 Å². The Morgan fingerprint density at radius 1 is 1.40 bits per heavy atom. The first-order chi connectivity index (χ1) is 7.31.